The Morgan fingerprint density at radius 2 is 2.19 bits per heavy atom. The summed E-state index contributed by atoms with van der Waals surface area (Å²) >= 11 is 1.59. The quantitative estimate of drug-likeness (QED) is 0.821. The number of aliphatic hydroxyl groups is 1. The molecule has 0 aliphatic rings. The molecule has 2 aromatic heterocycles. The maximum absolute atomic E-state index is 9.79. The Morgan fingerprint density at radius 3 is 2.88 bits per heavy atom. The van der Waals surface area contributed by atoms with E-state index in [0.717, 1.165) is 11.4 Å². The summed E-state index contributed by atoms with van der Waals surface area (Å²) in [5.41, 5.74) is 0.950. The average Bonchev–Trinajstić information content (AvgIpc) is 2.84. The predicted molar refractivity (Wildman–Crippen MR) is 63.0 cm³/mol. The second kappa shape index (κ2) is 5.69. The van der Waals surface area contributed by atoms with Crippen molar-refractivity contribution in [3.8, 4) is 0 Å². The molecule has 5 heteroatoms. The second-order valence-electron chi connectivity index (χ2n) is 3.37. The zero-order chi connectivity index (χ0) is 11.2. The molecule has 16 heavy (non-hydrogen) atoms. The molecule has 4 nitrogen and oxygen atoms in total. The molecule has 2 heterocycles. The molecule has 0 amide bonds. The van der Waals surface area contributed by atoms with E-state index in [4.69, 9.17) is 0 Å². The standard InChI is InChI=1S/C11H13N3OS/c15-10(9-2-5-16-8-9)6-12-7-11-13-3-1-4-14-11/h1-5,8,10,12,15H,6-7H2. The minimum atomic E-state index is -0.463. The lowest BCUT2D eigenvalue weighted by Gasteiger charge is -2.09. The number of nitrogens with one attached hydrogen (secondary N) is 1. The van der Waals surface area contributed by atoms with Crippen LogP contribution in [0.15, 0.2) is 35.3 Å². The van der Waals surface area contributed by atoms with Crippen molar-refractivity contribution < 1.29 is 5.11 Å². The van der Waals surface area contributed by atoms with Crippen LogP contribution in [0.25, 0.3) is 0 Å². The zero-order valence-corrected chi connectivity index (χ0v) is 9.52. The van der Waals surface area contributed by atoms with Gasteiger partial charge in [-0.2, -0.15) is 11.3 Å². The Labute approximate surface area is 98.0 Å². The topological polar surface area (TPSA) is 58.0 Å². The smallest absolute Gasteiger partial charge is 0.141 e. The summed E-state index contributed by atoms with van der Waals surface area (Å²) in [6.45, 7) is 1.08. The molecule has 0 saturated heterocycles. The largest absolute Gasteiger partial charge is 0.387 e. The van der Waals surface area contributed by atoms with Crippen LogP contribution in [0.3, 0.4) is 0 Å². The van der Waals surface area contributed by atoms with Crippen LogP contribution in [0.1, 0.15) is 17.5 Å². The summed E-state index contributed by atoms with van der Waals surface area (Å²) in [5.74, 6) is 0.736. The minimum Gasteiger partial charge on any atom is -0.387 e. The molecule has 0 spiro atoms. The van der Waals surface area contributed by atoms with Crippen LogP contribution in [0.4, 0.5) is 0 Å². The van der Waals surface area contributed by atoms with Gasteiger partial charge in [0.05, 0.1) is 12.6 Å². The first-order valence-electron chi connectivity index (χ1n) is 5.03. The fourth-order valence-corrected chi connectivity index (χ4v) is 2.03. The molecular formula is C11H13N3OS. The molecule has 2 aromatic rings. The SMILES string of the molecule is OC(CNCc1ncccn1)c1ccsc1. The molecule has 0 aromatic carbocycles. The molecule has 2 N–H and O–H groups in total. The molecular weight excluding hydrogens is 222 g/mol. The number of nitrogens with zero attached hydrogens (tertiary/aromatic N) is 2. The van der Waals surface area contributed by atoms with Gasteiger partial charge in [0.25, 0.3) is 0 Å². The lowest BCUT2D eigenvalue weighted by Crippen LogP contribution is -2.21. The van der Waals surface area contributed by atoms with Gasteiger partial charge in [-0.3, -0.25) is 0 Å². The van der Waals surface area contributed by atoms with Gasteiger partial charge in [-0.25, -0.2) is 9.97 Å². The predicted octanol–water partition coefficient (Wildman–Crippen LogP) is 1.36. The molecule has 0 bridgehead atoms. The Kier molecular flexibility index (Phi) is 3.98. The number of aromatic nitrogens is 2. The molecule has 0 aliphatic heterocycles. The van der Waals surface area contributed by atoms with E-state index < -0.39 is 6.10 Å². The number of rotatable bonds is 5. The van der Waals surface area contributed by atoms with Gasteiger partial charge in [-0.15, -0.1) is 0 Å². The van der Waals surface area contributed by atoms with Crippen LogP contribution in [-0.2, 0) is 6.54 Å². The Morgan fingerprint density at radius 1 is 1.38 bits per heavy atom. The molecule has 1 atom stereocenters. The van der Waals surface area contributed by atoms with Gasteiger partial charge in [0, 0.05) is 18.9 Å². The van der Waals surface area contributed by atoms with Crippen LogP contribution in [0.2, 0.25) is 0 Å². The highest BCUT2D eigenvalue weighted by Gasteiger charge is 2.06. The van der Waals surface area contributed by atoms with Crippen molar-refractivity contribution in [1.29, 1.82) is 0 Å². The number of thiophene rings is 1. The third-order valence-electron chi connectivity index (χ3n) is 2.17. The van der Waals surface area contributed by atoms with E-state index in [0.29, 0.717) is 13.1 Å². The molecule has 0 aliphatic carbocycles. The fraction of sp³-hybridized carbons (Fsp3) is 0.273. The van der Waals surface area contributed by atoms with Crippen LogP contribution < -0.4 is 5.32 Å². The van der Waals surface area contributed by atoms with Gasteiger partial charge in [0.1, 0.15) is 5.82 Å². The molecule has 2 rings (SSSR count). The maximum Gasteiger partial charge on any atom is 0.141 e. The first-order chi connectivity index (χ1) is 7.86. The Bertz CT molecular complexity index is 404. The number of hydrogen-bond acceptors (Lipinski definition) is 5. The van der Waals surface area contributed by atoms with Crippen molar-refractivity contribution in [1.82, 2.24) is 15.3 Å². The van der Waals surface area contributed by atoms with E-state index in [1.54, 1.807) is 29.8 Å². The van der Waals surface area contributed by atoms with Crippen LogP contribution in [-0.4, -0.2) is 21.6 Å². The van der Waals surface area contributed by atoms with Gasteiger partial charge in [-0.05, 0) is 28.5 Å². The molecule has 1 unspecified atom stereocenters. The third kappa shape index (κ3) is 3.10. The Hall–Kier alpha value is -1.30. The molecule has 0 saturated carbocycles. The lowest BCUT2D eigenvalue weighted by atomic mass is 10.2. The number of aliphatic hydroxyl groups excluding tert-OH is 1. The van der Waals surface area contributed by atoms with Crippen molar-refractivity contribution in [3.63, 3.8) is 0 Å². The van der Waals surface area contributed by atoms with Crippen LogP contribution in [0, 0.1) is 0 Å². The average molecular weight is 235 g/mol. The van der Waals surface area contributed by atoms with Crippen molar-refractivity contribution in [2.24, 2.45) is 0 Å². The van der Waals surface area contributed by atoms with Gasteiger partial charge in [0.2, 0.25) is 0 Å². The summed E-state index contributed by atoms with van der Waals surface area (Å²) in [6, 6.07) is 3.71. The Balaban J connectivity index is 1.76. The summed E-state index contributed by atoms with van der Waals surface area (Å²) in [7, 11) is 0. The van der Waals surface area contributed by atoms with E-state index in [2.05, 4.69) is 15.3 Å². The first-order valence-corrected chi connectivity index (χ1v) is 5.97. The maximum atomic E-state index is 9.79. The minimum absolute atomic E-state index is 0.463. The van der Waals surface area contributed by atoms with Crippen LogP contribution >= 0.6 is 11.3 Å². The monoisotopic (exact) mass is 235 g/mol. The van der Waals surface area contributed by atoms with Crippen molar-refractivity contribution in [3.05, 3.63) is 46.7 Å². The summed E-state index contributed by atoms with van der Waals surface area (Å²) in [6.07, 6.45) is 2.95. The normalized spacial score (nSPS) is 12.6. The number of hydrogen-bond donors (Lipinski definition) is 2. The van der Waals surface area contributed by atoms with E-state index in [9.17, 15) is 5.11 Å². The van der Waals surface area contributed by atoms with Crippen molar-refractivity contribution >= 4 is 11.3 Å². The van der Waals surface area contributed by atoms with E-state index in [1.807, 2.05) is 16.8 Å². The van der Waals surface area contributed by atoms with Crippen LogP contribution in [0.5, 0.6) is 0 Å². The highest BCUT2D eigenvalue weighted by Crippen LogP contribution is 2.14. The second-order valence-corrected chi connectivity index (χ2v) is 4.15. The zero-order valence-electron chi connectivity index (χ0n) is 8.71. The lowest BCUT2D eigenvalue weighted by molar-refractivity contribution is 0.174. The van der Waals surface area contributed by atoms with Gasteiger partial charge in [0.15, 0.2) is 0 Å². The third-order valence-corrected chi connectivity index (χ3v) is 2.87. The highest BCUT2D eigenvalue weighted by atomic mass is 32.1. The molecule has 0 radical (unpaired) electrons. The van der Waals surface area contributed by atoms with Gasteiger partial charge in [-0.1, -0.05) is 0 Å². The van der Waals surface area contributed by atoms with E-state index >= 15 is 0 Å². The van der Waals surface area contributed by atoms with Crippen molar-refractivity contribution in [2.75, 3.05) is 6.54 Å². The summed E-state index contributed by atoms with van der Waals surface area (Å²) < 4.78 is 0. The summed E-state index contributed by atoms with van der Waals surface area (Å²) in [5, 5.41) is 16.8. The molecule has 84 valence electrons. The van der Waals surface area contributed by atoms with Gasteiger partial charge < -0.3 is 10.4 Å². The molecule has 0 fully saturated rings. The fourth-order valence-electron chi connectivity index (χ4n) is 1.32. The summed E-state index contributed by atoms with van der Waals surface area (Å²) in [4.78, 5) is 8.17. The van der Waals surface area contributed by atoms with Gasteiger partial charge >= 0.3 is 0 Å². The first kappa shape index (κ1) is 11.2. The van der Waals surface area contributed by atoms with E-state index in [1.165, 1.54) is 0 Å². The van der Waals surface area contributed by atoms with E-state index in [-0.39, 0.29) is 0 Å². The van der Waals surface area contributed by atoms with Crippen molar-refractivity contribution in [2.45, 2.75) is 12.6 Å². The highest BCUT2D eigenvalue weighted by molar-refractivity contribution is 7.07.